The number of aryl methyl sites for hydroxylation is 1. The lowest BCUT2D eigenvalue weighted by Crippen LogP contribution is -2.24. The van der Waals surface area contributed by atoms with Crippen LogP contribution in [0.1, 0.15) is 49.3 Å². The Kier molecular flexibility index (Phi) is 9.28. The van der Waals surface area contributed by atoms with Gasteiger partial charge >= 0.3 is 5.69 Å². The van der Waals surface area contributed by atoms with Crippen LogP contribution in [0.15, 0.2) is 89.1 Å². The highest BCUT2D eigenvalue weighted by molar-refractivity contribution is 7.92. The molecule has 41 heavy (non-hydrogen) atoms. The average Bonchev–Trinajstić information content (AvgIpc) is 3.65. The molecule has 3 N–H and O–H groups in total. The topological polar surface area (TPSA) is 131 Å². The van der Waals surface area contributed by atoms with Crippen molar-refractivity contribution in [2.45, 2.75) is 56.1 Å². The van der Waals surface area contributed by atoms with E-state index in [1.165, 1.54) is 42.5 Å². The molecule has 1 saturated carbocycles. The summed E-state index contributed by atoms with van der Waals surface area (Å²) in [5.74, 6) is 0.679. The van der Waals surface area contributed by atoms with Crippen molar-refractivity contribution in [2.24, 2.45) is 5.92 Å². The van der Waals surface area contributed by atoms with Crippen LogP contribution in [0.5, 0.6) is 0 Å². The number of hydrogen-bond acceptors (Lipinski definition) is 7. The van der Waals surface area contributed by atoms with Gasteiger partial charge in [-0.25, -0.2) is 13.2 Å². The Morgan fingerprint density at radius 1 is 1.02 bits per heavy atom. The van der Waals surface area contributed by atoms with Crippen molar-refractivity contribution < 1.29 is 13.5 Å². The van der Waals surface area contributed by atoms with Crippen molar-refractivity contribution in [3.63, 3.8) is 0 Å². The van der Waals surface area contributed by atoms with Crippen LogP contribution in [0.3, 0.4) is 0 Å². The maximum absolute atomic E-state index is 13.0. The Bertz CT molecular complexity index is 1560. The fraction of sp³-hybridized carbons (Fsp3) is 0.367. The summed E-state index contributed by atoms with van der Waals surface area (Å²) in [5.41, 5.74) is 2.54. The van der Waals surface area contributed by atoms with Crippen LogP contribution in [0, 0.1) is 5.92 Å². The average molecular weight is 577 g/mol. The van der Waals surface area contributed by atoms with Gasteiger partial charge in [-0.3, -0.25) is 14.3 Å². The zero-order valence-electron chi connectivity index (χ0n) is 22.9. The van der Waals surface area contributed by atoms with E-state index in [9.17, 15) is 18.3 Å². The van der Waals surface area contributed by atoms with Crippen molar-refractivity contribution in [1.29, 1.82) is 0 Å². The smallest absolute Gasteiger partial charge is 0.350 e. The molecule has 0 amide bonds. The highest BCUT2D eigenvalue weighted by Gasteiger charge is 2.17. The molecule has 0 bridgehead atoms. The minimum atomic E-state index is -3.81. The van der Waals surface area contributed by atoms with Crippen LogP contribution in [0.25, 0.3) is 5.69 Å². The molecule has 4 aromatic rings. The third kappa shape index (κ3) is 7.49. The molecule has 0 spiro atoms. The molecule has 1 fully saturated rings. The first kappa shape index (κ1) is 28.7. The van der Waals surface area contributed by atoms with Gasteiger partial charge in [0.15, 0.2) is 0 Å². The largest absolute Gasteiger partial charge is 0.387 e. The molecule has 1 atom stereocenters. The van der Waals surface area contributed by atoms with Crippen molar-refractivity contribution in [1.82, 2.24) is 24.6 Å². The molecule has 1 aliphatic carbocycles. The number of benzene rings is 2. The molecule has 0 radical (unpaired) electrons. The molecule has 1 aliphatic rings. The summed E-state index contributed by atoms with van der Waals surface area (Å²) < 4.78 is 31.5. The van der Waals surface area contributed by atoms with Gasteiger partial charge in [-0.1, -0.05) is 43.9 Å². The lowest BCUT2D eigenvalue weighted by molar-refractivity contribution is 0.174. The summed E-state index contributed by atoms with van der Waals surface area (Å²) in [6.07, 6.45) is 10.9. The number of nitrogens with one attached hydrogen (secondary N) is 2. The van der Waals surface area contributed by atoms with E-state index in [2.05, 4.69) is 20.1 Å². The van der Waals surface area contributed by atoms with Gasteiger partial charge in [0, 0.05) is 36.7 Å². The van der Waals surface area contributed by atoms with Crippen molar-refractivity contribution in [2.75, 3.05) is 17.8 Å². The van der Waals surface area contributed by atoms with E-state index in [1.807, 2.05) is 18.2 Å². The third-order valence-corrected chi connectivity index (χ3v) is 8.98. The molecular weight excluding hydrogens is 540 g/mol. The highest BCUT2D eigenvalue weighted by Crippen LogP contribution is 2.27. The summed E-state index contributed by atoms with van der Waals surface area (Å²) in [4.78, 5) is 16.9. The quantitative estimate of drug-likeness (QED) is 0.207. The van der Waals surface area contributed by atoms with E-state index in [1.54, 1.807) is 53.6 Å². The molecular formula is C30H36N6O4S. The minimum Gasteiger partial charge on any atom is -0.387 e. The number of sulfonamides is 1. The van der Waals surface area contributed by atoms with Crippen molar-refractivity contribution in [3.05, 3.63) is 101 Å². The van der Waals surface area contributed by atoms with Gasteiger partial charge < -0.3 is 10.4 Å². The van der Waals surface area contributed by atoms with Crippen LogP contribution in [0.4, 0.5) is 5.69 Å². The van der Waals surface area contributed by atoms with E-state index in [0.29, 0.717) is 36.9 Å². The summed E-state index contributed by atoms with van der Waals surface area (Å²) in [6.45, 7) is 1.72. The van der Waals surface area contributed by atoms with Gasteiger partial charge in [0.25, 0.3) is 10.0 Å². The van der Waals surface area contributed by atoms with Gasteiger partial charge in [-0.05, 0) is 73.3 Å². The monoisotopic (exact) mass is 576 g/mol. The fourth-order valence-electron chi connectivity index (χ4n) is 5.17. The van der Waals surface area contributed by atoms with Crippen LogP contribution < -0.4 is 15.7 Å². The number of anilines is 1. The van der Waals surface area contributed by atoms with E-state index in [-0.39, 0.29) is 10.6 Å². The van der Waals surface area contributed by atoms with E-state index in [0.717, 1.165) is 24.0 Å². The van der Waals surface area contributed by atoms with Crippen molar-refractivity contribution in [3.8, 4) is 5.69 Å². The second kappa shape index (κ2) is 13.2. The Labute approximate surface area is 240 Å². The van der Waals surface area contributed by atoms with Gasteiger partial charge in [0.2, 0.25) is 0 Å². The van der Waals surface area contributed by atoms with Gasteiger partial charge in [0.05, 0.1) is 16.7 Å². The van der Waals surface area contributed by atoms with Gasteiger partial charge in [-0.2, -0.15) is 9.78 Å². The Hall–Kier alpha value is -3.80. The number of aromatic nitrogens is 4. The Balaban J connectivity index is 1.12. The lowest BCUT2D eigenvalue weighted by atomic mass is 10.0. The van der Waals surface area contributed by atoms with Crippen molar-refractivity contribution >= 4 is 15.7 Å². The number of aliphatic hydroxyl groups is 1. The fourth-order valence-corrected chi connectivity index (χ4v) is 6.23. The number of aliphatic hydroxyl groups excluding tert-OH is 1. The van der Waals surface area contributed by atoms with Crippen LogP contribution in [-0.2, 0) is 23.0 Å². The Morgan fingerprint density at radius 3 is 2.49 bits per heavy atom. The predicted molar refractivity (Wildman–Crippen MR) is 157 cm³/mol. The molecule has 10 nitrogen and oxygen atoms in total. The second-order valence-electron chi connectivity index (χ2n) is 10.5. The van der Waals surface area contributed by atoms with Crippen LogP contribution in [-0.4, -0.2) is 45.9 Å². The highest BCUT2D eigenvalue weighted by atomic mass is 32.2. The molecule has 2 aromatic heterocycles. The Morgan fingerprint density at radius 2 is 1.78 bits per heavy atom. The summed E-state index contributed by atoms with van der Waals surface area (Å²) in [7, 11) is -3.81. The minimum absolute atomic E-state index is 0.0930. The van der Waals surface area contributed by atoms with Gasteiger partial charge in [-0.15, -0.1) is 0 Å². The summed E-state index contributed by atoms with van der Waals surface area (Å²) in [6, 6.07) is 16.9. The molecule has 11 heteroatoms. The normalized spacial score (nSPS) is 14.8. The molecule has 2 aromatic carbocycles. The first-order chi connectivity index (χ1) is 19.9. The van der Waals surface area contributed by atoms with E-state index >= 15 is 0 Å². The van der Waals surface area contributed by atoms with Crippen LogP contribution >= 0.6 is 0 Å². The van der Waals surface area contributed by atoms with Gasteiger partial charge in [0.1, 0.15) is 6.33 Å². The molecule has 216 valence electrons. The SMILES string of the molecule is O=c1n(CCC2CCCC2)cnn1-c1ccc(S(=O)(=O)Nc2ccc(CCNCC(O)c3cccnc3)cc2)cc1. The predicted octanol–water partition coefficient (Wildman–Crippen LogP) is 3.68. The third-order valence-electron chi connectivity index (χ3n) is 7.58. The molecule has 2 heterocycles. The first-order valence-electron chi connectivity index (χ1n) is 14.0. The summed E-state index contributed by atoms with van der Waals surface area (Å²) in [5, 5.41) is 17.7. The summed E-state index contributed by atoms with van der Waals surface area (Å²) >= 11 is 0. The second-order valence-corrected chi connectivity index (χ2v) is 12.2. The molecule has 0 saturated heterocycles. The zero-order valence-corrected chi connectivity index (χ0v) is 23.7. The number of pyridine rings is 1. The van der Waals surface area contributed by atoms with E-state index in [4.69, 9.17) is 0 Å². The van der Waals surface area contributed by atoms with Crippen LogP contribution in [0.2, 0.25) is 0 Å². The number of nitrogens with zero attached hydrogens (tertiary/aromatic N) is 4. The number of rotatable bonds is 13. The lowest BCUT2D eigenvalue weighted by Gasteiger charge is -2.12. The molecule has 0 aliphatic heterocycles. The molecule has 5 rings (SSSR count). The zero-order chi connectivity index (χ0) is 28.7. The standard InChI is InChI=1S/C30H36N6O4S/c37-29(25-6-3-17-31-20-25)21-32-18-15-24-7-9-26(10-8-24)34-41(39,40)28-13-11-27(12-14-28)36-30(38)35(22-33-36)19-16-23-4-1-2-5-23/h3,6-14,17,20,22-23,29,32,34,37H,1-2,4-5,15-16,18-19,21H2. The maximum atomic E-state index is 13.0. The first-order valence-corrected chi connectivity index (χ1v) is 15.5. The number of hydrogen-bond donors (Lipinski definition) is 3. The maximum Gasteiger partial charge on any atom is 0.350 e. The van der Waals surface area contributed by atoms with E-state index < -0.39 is 16.1 Å². The molecule has 1 unspecified atom stereocenters.